The maximum Gasteiger partial charge on any atom is 0.267 e. The van der Waals surface area contributed by atoms with Gasteiger partial charge in [0.25, 0.3) is 5.91 Å². The number of amides is 2. The van der Waals surface area contributed by atoms with Gasteiger partial charge < -0.3 is 21.5 Å². The minimum Gasteiger partial charge on any atom is -0.439 e. The monoisotopic (exact) mass is 389 g/mol. The molecule has 1 aromatic carbocycles. The van der Waals surface area contributed by atoms with Gasteiger partial charge in [0.2, 0.25) is 11.8 Å². The largest absolute Gasteiger partial charge is 0.439 e. The standard InChI is InChI=1S/C19H15N7O3/c20-8-11-1-6-17(24-9-11)29-13-4-2-12(3-5-13)19-25-14(18(22)28)7-16(26-19)23-10-15(21)27/h1-7,9H,10H2,(H2,21,27)(H2,22,28)(H,23,25,26). The molecule has 2 amide bonds. The number of nitrogens with one attached hydrogen (secondary N) is 1. The molecule has 2 heterocycles. The summed E-state index contributed by atoms with van der Waals surface area (Å²) in [6, 6.07) is 13.2. The molecule has 0 radical (unpaired) electrons. The zero-order chi connectivity index (χ0) is 20.8. The van der Waals surface area contributed by atoms with Crippen molar-refractivity contribution in [1.82, 2.24) is 15.0 Å². The van der Waals surface area contributed by atoms with Crippen molar-refractivity contribution in [3.8, 4) is 29.1 Å². The number of ether oxygens (including phenoxy) is 1. The Morgan fingerprint density at radius 1 is 1.10 bits per heavy atom. The Hall–Kier alpha value is -4.52. The molecule has 0 aliphatic rings. The minimum absolute atomic E-state index is 0.0101. The third-order valence-corrected chi connectivity index (χ3v) is 3.62. The van der Waals surface area contributed by atoms with Gasteiger partial charge in [-0.05, 0) is 30.3 Å². The SMILES string of the molecule is N#Cc1ccc(Oc2ccc(-c3nc(NCC(N)=O)cc(C(N)=O)n3)cc2)nc1. The fourth-order valence-corrected chi connectivity index (χ4v) is 2.27. The maximum absolute atomic E-state index is 11.5. The summed E-state index contributed by atoms with van der Waals surface area (Å²) in [6.07, 6.45) is 1.41. The van der Waals surface area contributed by atoms with E-state index in [-0.39, 0.29) is 23.9 Å². The van der Waals surface area contributed by atoms with Gasteiger partial charge in [-0.25, -0.2) is 15.0 Å². The van der Waals surface area contributed by atoms with Crippen LogP contribution in [-0.2, 0) is 4.79 Å². The van der Waals surface area contributed by atoms with Gasteiger partial charge in [0.1, 0.15) is 23.3 Å². The molecule has 5 N–H and O–H groups in total. The van der Waals surface area contributed by atoms with Gasteiger partial charge in [-0.2, -0.15) is 5.26 Å². The van der Waals surface area contributed by atoms with Gasteiger partial charge in [-0.15, -0.1) is 0 Å². The number of aromatic nitrogens is 3. The Kier molecular flexibility index (Phi) is 5.61. The molecular formula is C19H15N7O3. The highest BCUT2D eigenvalue weighted by Gasteiger charge is 2.11. The molecule has 3 aromatic rings. The fourth-order valence-electron chi connectivity index (χ4n) is 2.27. The second-order valence-electron chi connectivity index (χ2n) is 5.77. The minimum atomic E-state index is -0.734. The summed E-state index contributed by atoms with van der Waals surface area (Å²) in [6.45, 7) is -0.154. The van der Waals surface area contributed by atoms with E-state index in [1.54, 1.807) is 36.4 Å². The van der Waals surface area contributed by atoms with Gasteiger partial charge >= 0.3 is 0 Å². The maximum atomic E-state index is 11.5. The molecule has 0 bridgehead atoms. The van der Waals surface area contributed by atoms with Crippen LogP contribution in [0.2, 0.25) is 0 Å². The van der Waals surface area contributed by atoms with Crippen molar-refractivity contribution in [1.29, 1.82) is 5.26 Å². The number of carbonyl (C=O) groups is 2. The molecule has 0 fully saturated rings. The van der Waals surface area contributed by atoms with E-state index in [1.165, 1.54) is 12.3 Å². The molecule has 0 aliphatic heterocycles. The molecular weight excluding hydrogens is 374 g/mol. The number of hydrogen-bond donors (Lipinski definition) is 3. The molecule has 0 atom stereocenters. The first-order chi connectivity index (χ1) is 13.9. The van der Waals surface area contributed by atoms with Crippen molar-refractivity contribution in [3.63, 3.8) is 0 Å². The van der Waals surface area contributed by atoms with Crippen molar-refractivity contribution in [2.75, 3.05) is 11.9 Å². The van der Waals surface area contributed by atoms with Crippen molar-refractivity contribution >= 4 is 17.6 Å². The van der Waals surface area contributed by atoms with Crippen LogP contribution in [0.15, 0.2) is 48.7 Å². The zero-order valence-corrected chi connectivity index (χ0v) is 15.0. The van der Waals surface area contributed by atoms with E-state index < -0.39 is 11.8 Å². The first-order valence-electron chi connectivity index (χ1n) is 8.30. The van der Waals surface area contributed by atoms with Crippen LogP contribution in [0.4, 0.5) is 5.82 Å². The van der Waals surface area contributed by atoms with E-state index in [1.807, 2.05) is 6.07 Å². The van der Waals surface area contributed by atoms with Crippen LogP contribution in [0.25, 0.3) is 11.4 Å². The predicted molar refractivity (Wildman–Crippen MR) is 103 cm³/mol. The van der Waals surface area contributed by atoms with Crippen LogP contribution in [-0.4, -0.2) is 33.3 Å². The Labute approximate surface area is 165 Å². The van der Waals surface area contributed by atoms with E-state index in [4.69, 9.17) is 21.5 Å². The molecule has 0 unspecified atom stereocenters. The molecule has 3 rings (SSSR count). The number of rotatable bonds is 7. The Morgan fingerprint density at radius 2 is 1.86 bits per heavy atom. The van der Waals surface area contributed by atoms with E-state index >= 15 is 0 Å². The second kappa shape index (κ2) is 8.45. The first kappa shape index (κ1) is 19.2. The number of benzene rings is 1. The third-order valence-electron chi connectivity index (χ3n) is 3.62. The van der Waals surface area contributed by atoms with E-state index in [0.29, 0.717) is 22.8 Å². The molecule has 10 nitrogen and oxygen atoms in total. The lowest BCUT2D eigenvalue weighted by Gasteiger charge is -2.09. The van der Waals surface area contributed by atoms with E-state index in [2.05, 4.69) is 20.3 Å². The summed E-state index contributed by atoms with van der Waals surface area (Å²) < 4.78 is 5.62. The Morgan fingerprint density at radius 3 is 2.45 bits per heavy atom. The van der Waals surface area contributed by atoms with Gasteiger partial charge in [-0.1, -0.05) is 0 Å². The lowest BCUT2D eigenvalue weighted by atomic mass is 10.2. The quantitative estimate of drug-likeness (QED) is 0.541. The summed E-state index contributed by atoms with van der Waals surface area (Å²) in [7, 11) is 0. The van der Waals surface area contributed by atoms with Crippen LogP contribution in [0.5, 0.6) is 11.6 Å². The molecule has 0 saturated carbocycles. The summed E-state index contributed by atoms with van der Waals surface area (Å²) in [5.41, 5.74) is 11.4. The molecule has 0 spiro atoms. The molecule has 10 heteroatoms. The number of anilines is 1. The number of primary amides is 2. The Balaban J connectivity index is 1.83. The average Bonchev–Trinajstić information content (AvgIpc) is 2.73. The zero-order valence-electron chi connectivity index (χ0n) is 15.0. The van der Waals surface area contributed by atoms with E-state index in [9.17, 15) is 9.59 Å². The number of pyridine rings is 1. The number of nitrogens with zero attached hydrogens (tertiary/aromatic N) is 4. The highest BCUT2D eigenvalue weighted by atomic mass is 16.5. The molecule has 144 valence electrons. The molecule has 2 aromatic heterocycles. The van der Waals surface area contributed by atoms with Crippen molar-refractivity contribution in [2.24, 2.45) is 11.5 Å². The number of hydrogen-bond acceptors (Lipinski definition) is 8. The lowest BCUT2D eigenvalue weighted by Crippen LogP contribution is -2.23. The van der Waals surface area contributed by atoms with Gasteiger partial charge in [-0.3, -0.25) is 9.59 Å². The van der Waals surface area contributed by atoms with Crippen LogP contribution in [0, 0.1) is 11.3 Å². The van der Waals surface area contributed by atoms with Crippen LogP contribution < -0.4 is 21.5 Å². The van der Waals surface area contributed by atoms with Gasteiger partial charge in [0.15, 0.2) is 5.82 Å². The number of carbonyl (C=O) groups excluding carboxylic acids is 2. The number of nitriles is 1. The van der Waals surface area contributed by atoms with Crippen LogP contribution >= 0.6 is 0 Å². The first-order valence-corrected chi connectivity index (χ1v) is 8.30. The smallest absolute Gasteiger partial charge is 0.267 e. The topological polar surface area (TPSA) is 170 Å². The van der Waals surface area contributed by atoms with Crippen LogP contribution in [0.1, 0.15) is 16.1 Å². The van der Waals surface area contributed by atoms with Crippen molar-refractivity contribution in [3.05, 3.63) is 59.9 Å². The second-order valence-corrected chi connectivity index (χ2v) is 5.77. The lowest BCUT2D eigenvalue weighted by molar-refractivity contribution is -0.116. The molecule has 29 heavy (non-hydrogen) atoms. The van der Waals surface area contributed by atoms with Crippen molar-refractivity contribution < 1.29 is 14.3 Å². The average molecular weight is 389 g/mol. The predicted octanol–water partition coefficient (Wildman–Crippen LogP) is 1.20. The summed E-state index contributed by atoms with van der Waals surface area (Å²) in [5.74, 6) is -0.00176. The fraction of sp³-hybridized carbons (Fsp3) is 0.0526. The van der Waals surface area contributed by atoms with Gasteiger partial charge in [0.05, 0.1) is 12.1 Å². The summed E-state index contributed by atoms with van der Waals surface area (Å²) in [5, 5.41) is 11.5. The molecule has 0 aliphatic carbocycles. The normalized spacial score (nSPS) is 10.0. The summed E-state index contributed by atoms with van der Waals surface area (Å²) in [4.78, 5) is 34.9. The highest BCUT2D eigenvalue weighted by molar-refractivity contribution is 5.92. The van der Waals surface area contributed by atoms with Gasteiger partial charge in [0, 0.05) is 23.9 Å². The number of nitrogens with two attached hydrogens (primary N) is 2. The molecule has 0 saturated heterocycles. The Bertz CT molecular complexity index is 1090. The van der Waals surface area contributed by atoms with Crippen LogP contribution in [0.3, 0.4) is 0 Å². The van der Waals surface area contributed by atoms with Crippen molar-refractivity contribution in [2.45, 2.75) is 0 Å². The third kappa shape index (κ3) is 5.01. The summed E-state index contributed by atoms with van der Waals surface area (Å²) >= 11 is 0. The highest BCUT2D eigenvalue weighted by Crippen LogP contribution is 2.24. The van der Waals surface area contributed by atoms with E-state index in [0.717, 1.165) is 0 Å².